The second-order valence-electron chi connectivity index (χ2n) is 4.11. The van der Waals surface area contributed by atoms with Crippen LogP contribution in [0.4, 0.5) is 10.1 Å². The predicted octanol–water partition coefficient (Wildman–Crippen LogP) is 3.09. The highest BCUT2D eigenvalue weighted by Gasteiger charge is 2.16. The molecule has 98 valence electrons. The van der Waals surface area contributed by atoms with Crippen LogP contribution in [0.3, 0.4) is 0 Å². The molecule has 0 saturated carbocycles. The Balaban J connectivity index is 2.31. The quantitative estimate of drug-likeness (QED) is 0.886. The fourth-order valence-corrected chi connectivity index (χ4v) is 1.80. The number of hydrogen-bond acceptors (Lipinski definition) is 3. The Labute approximate surface area is 109 Å². The summed E-state index contributed by atoms with van der Waals surface area (Å²) in [5, 5.41) is 11.9. The monoisotopic (exact) mass is 260 g/mol. The van der Waals surface area contributed by atoms with E-state index in [0.717, 1.165) is 5.56 Å². The van der Waals surface area contributed by atoms with Crippen molar-refractivity contribution in [2.75, 3.05) is 5.32 Å². The highest BCUT2D eigenvalue weighted by atomic mass is 19.1. The van der Waals surface area contributed by atoms with Crippen molar-refractivity contribution in [1.82, 2.24) is 4.98 Å². The lowest BCUT2D eigenvalue weighted by Crippen LogP contribution is -2.12. The van der Waals surface area contributed by atoms with Gasteiger partial charge in [-0.1, -0.05) is 6.07 Å². The van der Waals surface area contributed by atoms with E-state index in [1.165, 1.54) is 18.2 Å². The highest BCUT2D eigenvalue weighted by molar-refractivity contribution is 5.94. The number of aromatic carboxylic acids is 1. The van der Waals surface area contributed by atoms with Gasteiger partial charge in [0.1, 0.15) is 5.82 Å². The largest absolute Gasteiger partial charge is 0.478 e. The van der Waals surface area contributed by atoms with E-state index >= 15 is 0 Å². The first-order valence-corrected chi connectivity index (χ1v) is 5.78. The van der Waals surface area contributed by atoms with Crippen LogP contribution >= 0.6 is 0 Å². The van der Waals surface area contributed by atoms with Gasteiger partial charge >= 0.3 is 5.97 Å². The Morgan fingerprint density at radius 1 is 1.32 bits per heavy atom. The molecule has 1 atom stereocenters. The first-order chi connectivity index (χ1) is 9.09. The number of halogens is 1. The molecule has 0 spiro atoms. The Kier molecular flexibility index (Phi) is 3.75. The fraction of sp³-hybridized carbons (Fsp3) is 0.143. The molecule has 0 fully saturated rings. The Morgan fingerprint density at radius 2 is 2.00 bits per heavy atom. The summed E-state index contributed by atoms with van der Waals surface area (Å²) in [5.74, 6) is -1.75. The average Bonchev–Trinajstić information content (AvgIpc) is 2.41. The van der Waals surface area contributed by atoms with E-state index in [1.807, 2.05) is 6.92 Å². The molecule has 1 heterocycles. The van der Waals surface area contributed by atoms with Crippen LogP contribution in [0.2, 0.25) is 0 Å². The van der Waals surface area contributed by atoms with Crippen molar-refractivity contribution in [3.8, 4) is 0 Å². The minimum Gasteiger partial charge on any atom is -0.478 e. The highest BCUT2D eigenvalue weighted by Crippen LogP contribution is 2.25. The summed E-state index contributed by atoms with van der Waals surface area (Å²) in [5.41, 5.74) is 0.815. The lowest BCUT2D eigenvalue weighted by Gasteiger charge is -2.17. The summed E-state index contributed by atoms with van der Waals surface area (Å²) in [6.45, 7) is 1.83. The van der Waals surface area contributed by atoms with Crippen LogP contribution in [0.25, 0.3) is 0 Å². The number of nitrogens with one attached hydrogen (secondary N) is 1. The molecule has 5 heteroatoms. The molecule has 2 aromatic rings. The first kappa shape index (κ1) is 13.0. The first-order valence-electron chi connectivity index (χ1n) is 5.78. The number of carbonyl (C=O) groups is 1. The van der Waals surface area contributed by atoms with E-state index in [4.69, 9.17) is 5.11 Å². The van der Waals surface area contributed by atoms with E-state index in [9.17, 15) is 9.18 Å². The molecule has 1 unspecified atom stereocenters. The average molecular weight is 260 g/mol. The summed E-state index contributed by atoms with van der Waals surface area (Å²) in [6.07, 6.45) is 3.26. The van der Waals surface area contributed by atoms with Crippen LogP contribution in [0.15, 0.2) is 42.7 Å². The van der Waals surface area contributed by atoms with Gasteiger partial charge in [0.2, 0.25) is 0 Å². The third-order valence-electron chi connectivity index (χ3n) is 2.81. The van der Waals surface area contributed by atoms with Crippen LogP contribution in [0.5, 0.6) is 0 Å². The van der Waals surface area contributed by atoms with Gasteiger partial charge in [0, 0.05) is 18.4 Å². The number of aromatic nitrogens is 1. The Hall–Kier alpha value is -2.43. The summed E-state index contributed by atoms with van der Waals surface area (Å²) in [7, 11) is 0. The van der Waals surface area contributed by atoms with Crippen LogP contribution in [-0.4, -0.2) is 16.1 Å². The molecule has 0 aliphatic carbocycles. The fourth-order valence-electron chi connectivity index (χ4n) is 1.80. The van der Waals surface area contributed by atoms with Gasteiger partial charge in [-0.2, -0.15) is 0 Å². The molecule has 1 aromatic heterocycles. The van der Waals surface area contributed by atoms with E-state index in [0.29, 0.717) is 0 Å². The zero-order valence-electron chi connectivity index (χ0n) is 10.3. The third kappa shape index (κ3) is 2.88. The van der Waals surface area contributed by atoms with E-state index in [1.54, 1.807) is 24.5 Å². The van der Waals surface area contributed by atoms with Crippen molar-refractivity contribution in [3.05, 3.63) is 59.7 Å². The number of carboxylic acid groups (broad SMARTS) is 1. The van der Waals surface area contributed by atoms with Gasteiger partial charge in [0.05, 0.1) is 11.3 Å². The zero-order valence-corrected chi connectivity index (χ0v) is 10.3. The number of carboxylic acids is 1. The third-order valence-corrected chi connectivity index (χ3v) is 2.81. The van der Waals surface area contributed by atoms with Crippen LogP contribution < -0.4 is 5.32 Å². The van der Waals surface area contributed by atoms with Crippen LogP contribution in [0.1, 0.15) is 28.9 Å². The number of rotatable bonds is 4. The summed E-state index contributed by atoms with van der Waals surface area (Å²) >= 11 is 0. The minimum atomic E-state index is -1.16. The van der Waals surface area contributed by atoms with Crippen molar-refractivity contribution < 1.29 is 14.3 Å². The van der Waals surface area contributed by atoms with E-state index < -0.39 is 11.8 Å². The normalized spacial score (nSPS) is 11.9. The van der Waals surface area contributed by atoms with Gasteiger partial charge in [-0.15, -0.1) is 0 Å². The molecule has 2 rings (SSSR count). The minimum absolute atomic E-state index is 0.000637. The lowest BCUT2D eigenvalue weighted by molar-refractivity contribution is 0.0697. The van der Waals surface area contributed by atoms with E-state index in [-0.39, 0.29) is 17.3 Å². The van der Waals surface area contributed by atoms with Crippen LogP contribution in [0, 0.1) is 5.82 Å². The molecule has 0 aliphatic heterocycles. The molecule has 0 saturated heterocycles. The zero-order chi connectivity index (χ0) is 13.8. The van der Waals surface area contributed by atoms with Crippen molar-refractivity contribution in [2.45, 2.75) is 13.0 Å². The van der Waals surface area contributed by atoms with Crippen molar-refractivity contribution in [2.24, 2.45) is 0 Å². The Bertz CT molecular complexity index is 587. The van der Waals surface area contributed by atoms with E-state index in [2.05, 4.69) is 10.3 Å². The number of anilines is 1. The second-order valence-corrected chi connectivity index (χ2v) is 4.11. The summed E-state index contributed by atoms with van der Waals surface area (Å²) in [4.78, 5) is 15.0. The molecule has 4 nitrogen and oxygen atoms in total. The second kappa shape index (κ2) is 5.48. The van der Waals surface area contributed by atoms with Gasteiger partial charge < -0.3 is 10.4 Å². The Morgan fingerprint density at radius 3 is 2.63 bits per heavy atom. The van der Waals surface area contributed by atoms with Crippen molar-refractivity contribution in [1.29, 1.82) is 0 Å². The molecular formula is C14H13FN2O2. The van der Waals surface area contributed by atoms with Gasteiger partial charge in [0.15, 0.2) is 0 Å². The number of benzene rings is 1. The topological polar surface area (TPSA) is 62.2 Å². The van der Waals surface area contributed by atoms with Gasteiger partial charge in [-0.25, -0.2) is 9.18 Å². The van der Waals surface area contributed by atoms with Crippen LogP contribution in [-0.2, 0) is 0 Å². The molecule has 0 amide bonds. The molecule has 1 aromatic carbocycles. The van der Waals surface area contributed by atoms with Gasteiger partial charge in [-0.05, 0) is 36.8 Å². The molecule has 0 aliphatic rings. The maximum atomic E-state index is 13.7. The number of para-hydroxylation sites is 1. The molecule has 2 N–H and O–H groups in total. The van der Waals surface area contributed by atoms with Crippen molar-refractivity contribution >= 4 is 11.7 Å². The van der Waals surface area contributed by atoms with Crippen molar-refractivity contribution in [3.63, 3.8) is 0 Å². The maximum Gasteiger partial charge on any atom is 0.337 e. The SMILES string of the molecule is CC(Nc1c(F)cccc1C(=O)O)c1ccncc1. The molecule has 0 radical (unpaired) electrons. The molecule has 0 bridgehead atoms. The number of hydrogen-bond donors (Lipinski definition) is 2. The number of pyridine rings is 1. The summed E-state index contributed by atoms with van der Waals surface area (Å²) in [6, 6.07) is 7.33. The molecular weight excluding hydrogens is 247 g/mol. The smallest absolute Gasteiger partial charge is 0.337 e. The molecule has 19 heavy (non-hydrogen) atoms. The standard InChI is InChI=1S/C14H13FN2O2/c1-9(10-5-7-16-8-6-10)17-13-11(14(18)19)3-2-4-12(13)15/h2-9,17H,1H3,(H,18,19). The van der Waals surface area contributed by atoms with Gasteiger partial charge in [-0.3, -0.25) is 4.98 Å². The maximum absolute atomic E-state index is 13.7. The van der Waals surface area contributed by atoms with Gasteiger partial charge in [0.25, 0.3) is 0 Å². The number of nitrogens with zero attached hydrogens (tertiary/aromatic N) is 1. The lowest BCUT2D eigenvalue weighted by atomic mass is 10.1. The predicted molar refractivity (Wildman–Crippen MR) is 69.6 cm³/mol. The summed E-state index contributed by atoms with van der Waals surface area (Å²) < 4.78 is 13.7.